The van der Waals surface area contributed by atoms with Gasteiger partial charge >= 0.3 is 0 Å². The first-order valence-electron chi connectivity index (χ1n) is 7.28. The number of carbonyl (C=O) groups excluding carboxylic acids is 1. The zero-order valence-corrected chi connectivity index (χ0v) is 11.5. The van der Waals surface area contributed by atoms with Gasteiger partial charge in [0.2, 0.25) is 5.91 Å². The van der Waals surface area contributed by atoms with Gasteiger partial charge in [0.15, 0.2) is 0 Å². The van der Waals surface area contributed by atoms with Gasteiger partial charge in [-0.25, -0.2) is 0 Å². The summed E-state index contributed by atoms with van der Waals surface area (Å²) in [5, 5.41) is 3.40. The van der Waals surface area contributed by atoms with Crippen molar-refractivity contribution in [1.29, 1.82) is 0 Å². The minimum absolute atomic E-state index is 0.225. The summed E-state index contributed by atoms with van der Waals surface area (Å²) in [6, 6.07) is 8.06. The Morgan fingerprint density at radius 1 is 1.40 bits per heavy atom. The molecule has 0 bridgehead atoms. The Morgan fingerprint density at radius 2 is 2.35 bits per heavy atom. The van der Waals surface area contributed by atoms with Gasteiger partial charge in [-0.05, 0) is 43.5 Å². The van der Waals surface area contributed by atoms with Crippen LogP contribution in [0.5, 0.6) is 0 Å². The SMILES string of the molecule is O=C1CCCN1c1cccc(NCC2CCC=CO2)c1. The van der Waals surface area contributed by atoms with Crippen LogP contribution in [0.15, 0.2) is 36.6 Å². The van der Waals surface area contributed by atoms with E-state index < -0.39 is 0 Å². The van der Waals surface area contributed by atoms with Gasteiger partial charge in [-0.1, -0.05) is 6.07 Å². The van der Waals surface area contributed by atoms with Gasteiger partial charge in [0.25, 0.3) is 0 Å². The number of benzene rings is 1. The first-order valence-corrected chi connectivity index (χ1v) is 7.28. The fourth-order valence-corrected chi connectivity index (χ4v) is 2.67. The van der Waals surface area contributed by atoms with Gasteiger partial charge in [0.1, 0.15) is 6.10 Å². The molecule has 4 nitrogen and oxygen atoms in total. The third kappa shape index (κ3) is 2.95. The van der Waals surface area contributed by atoms with Gasteiger partial charge in [-0.2, -0.15) is 0 Å². The molecule has 2 aliphatic rings. The van der Waals surface area contributed by atoms with Gasteiger partial charge < -0.3 is 15.0 Å². The van der Waals surface area contributed by atoms with Crippen LogP contribution in [0.4, 0.5) is 11.4 Å². The van der Waals surface area contributed by atoms with Crippen LogP contribution in [0.1, 0.15) is 25.7 Å². The van der Waals surface area contributed by atoms with Crippen LogP contribution < -0.4 is 10.2 Å². The maximum Gasteiger partial charge on any atom is 0.227 e. The van der Waals surface area contributed by atoms with Crippen LogP contribution in [0, 0.1) is 0 Å². The Bertz CT molecular complexity index is 513. The summed E-state index contributed by atoms with van der Waals surface area (Å²) in [7, 11) is 0. The predicted molar refractivity (Wildman–Crippen MR) is 79.8 cm³/mol. The number of hydrogen-bond acceptors (Lipinski definition) is 3. The van der Waals surface area contributed by atoms with Crippen LogP contribution in [0.2, 0.25) is 0 Å². The lowest BCUT2D eigenvalue weighted by atomic mass is 10.1. The number of hydrogen-bond donors (Lipinski definition) is 1. The molecule has 1 N–H and O–H groups in total. The molecule has 1 fully saturated rings. The molecule has 0 radical (unpaired) electrons. The number of amides is 1. The molecular weight excluding hydrogens is 252 g/mol. The Balaban J connectivity index is 1.62. The van der Waals surface area contributed by atoms with E-state index in [1.165, 1.54) is 0 Å². The predicted octanol–water partition coefficient (Wildman–Crippen LogP) is 2.92. The van der Waals surface area contributed by atoms with E-state index in [0.29, 0.717) is 6.42 Å². The Morgan fingerprint density at radius 3 is 3.10 bits per heavy atom. The zero-order valence-electron chi connectivity index (χ0n) is 11.5. The molecule has 1 aromatic rings. The summed E-state index contributed by atoms with van der Waals surface area (Å²) in [6.45, 7) is 1.63. The largest absolute Gasteiger partial charge is 0.497 e. The standard InChI is InChI=1S/C16H20N2O2/c19-16-8-4-9-18(16)14-6-3-5-13(11-14)17-12-15-7-1-2-10-20-15/h2-3,5-6,10-11,15,17H,1,4,7-9,12H2. The molecule has 2 aliphatic heterocycles. The second-order valence-electron chi connectivity index (χ2n) is 5.29. The second kappa shape index (κ2) is 5.99. The van der Waals surface area contributed by atoms with E-state index in [1.54, 1.807) is 6.26 Å². The van der Waals surface area contributed by atoms with E-state index in [1.807, 2.05) is 29.2 Å². The zero-order chi connectivity index (χ0) is 13.8. The van der Waals surface area contributed by atoms with E-state index in [9.17, 15) is 4.79 Å². The van der Waals surface area contributed by atoms with Crippen molar-refractivity contribution in [2.45, 2.75) is 31.8 Å². The van der Waals surface area contributed by atoms with E-state index in [-0.39, 0.29) is 12.0 Å². The lowest BCUT2D eigenvalue weighted by Crippen LogP contribution is -2.24. The second-order valence-corrected chi connectivity index (χ2v) is 5.29. The van der Waals surface area contributed by atoms with E-state index in [2.05, 4.69) is 11.4 Å². The third-order valence-corrected chi connectivity index (χ3v) is 3.79. The summed E-state index contributed by atoms with van der Waals surface area (Å²) in [4.78, 5) is 13.6. The van der Waals surface area contributed by atoms with Crippen molar-refractivity contribution in [3.63, 3.8) is 0 Å². The highest BCUT2D eigenvalue weighted by atomic mass is 16.5. The maximum absolute atomic E-state index is 11.8. The fraction of sp³-hybridized carbons (Fsp3) is 0.438. The summed E-state index contributed by atoms with van der Waals surface area (Å²) in [5.41, 5.74) is 2.03. The van der Waals surface area contributed by atoms with E-state index in [4.69, 9.17) is 4.74 Å². The van der Waals surface area contributed by atoms with Crippen molar-refractivity contribution in [3.8, 4) is 0 Å². The minimum Gasteiger partial charge on any atom is -0.497 e. The van der Waals surface area contributed by atoms with Crippen molar-refractivity contribution in [1.82, 2.24) is 0 Å². The molecule has 4 heteroatoms. The smallest absolute Gasteiger partial charge is 0.227 e. The average molecular weight is 272 g/mol. The number of anilines is 2. The van der Waals surface area contributed by atoms with Crippen LogP contribution in [0.3, 0.4) is 0 Å². The molecule has 106 valence electrons. The van der Waals surface area contributed by atoms with Gasteiger partial charge in [0, 0.05) is 24.3 Å². The van der Waals surface area contributed by atoms with Crippen molar-refractivity contribution in [3.05, 3.63) is 36.6 Å². The number of nitrogens with one attached hydrogen (secondary N) is 1. The van der Waals surface area contributed by atoms with E-state index in [0.717, 1.165) is 43.7 Å². The number of nitrogens with zero attached hydrogens (tertiary/aromatic N) is 1. The molecule has 1 amide bonds. The normalized spacial score (nSPS) is 21.9. The van der Waals surface area contributed by atoms with Crippen molar-refractivity contribution in [2.75, 3.05) is 23.3 Å². The first kappa shape index (κ1) is 13.0. The van der Waals surface area contributed by atoms with Crippen LogP contribution in [0.25, 0.3) is 0 Å². The molecule has 0 aliphatic carbocycles. The van der Waals surface area contributed by atoms with Crippen LogP contribution in [-0.4, -0.2) is 25.1 Å². The maximum atomic E-state index is 11.8. The minimum atomic E-state index is 0.225. The topological polar surface area (TPSA) is 41.6 Å². The molecule has 1 unspecified atom stereocenters. The number of carbonyl (C=O) groups is 1. The summed E-state index contributed by atoms with van der Waals surface area (Å²) < 4.78 is 5.54. The fourth-order valence-electron chi connectivity index (χ4n) is 2.67. The lowest BCUT2D eigenvalue weighted by molar-refractivity contribution is -0.117. The molecule has 0 spiro atoms. The monoisotopic (exact) mass is 272 g/mol. The molecule has 1 atom stereocenters. The molecule has 1 aromatic carbocycles. The van der Waals surface area contributed by atoms with Crippen LogP contribution in [-0.2, 0) is 9.53 Å². The Hall–Kier alpha value is -1.97. The molecule has 20 heavy (non-hydrogen) atoms. The Kier molecular flexibility index (Phi) is 3.90. The summed E-state index contributed by atoms with van der Waals surface area (Å²) >= 11 is 0. The van der Waals surface area contributed by atoms with Gasteiger partial charge in [-0.3, -0.25) is 4.79 Å². The Labute approximate surface area is 119 Å². The molecule has 0 aromatic heterocycles. The van der Waals surface area contributed by atoms with Crippen LogP contribution >= 0.6 is 0 Å². The molecule has 1 saturated heterocycles. The molecule has 2 heterocycles. The molecular formula is C16H20N2O2. The quantitative estimate of drug-likeness (QED) is 0.916. The van der Waals surface area contributed by atoms with Crippen molar-refractivity contribution < 1.29 is 9.53 Å². The highest BCUT2D eigenvalue weighted by molar-refractivity contribution is 5.95. The van der Waals surface area contributed by atoms with Gasteiger partial charge in [-0.15, -0.1) is 0 Å². The first-order chi connectivity index (χ1) is 9.83. The number of rotatable bonds is 4. The number of allylic oxidation sites excluding steroid dienone is 1. The summed E-state index contributed by atoms with van der Waals surface area (Å²) in [5.74, 6) is 0.225. The average Bonchev–Trinajstić information content (AvgIpc) is 2.93. The molecule has 3 rings (SSSR count). The van der Waals surface area contributed by atoms with E-state index >= 15 is 0 Å². The van der Waals surface area contributed by atoms with Crippen molar-refractivity contribution >= 4 is 17.3 Å². The highest BCUT2D eigenvalue weighted by Crippen LogP contribution is 2.24. The number of ether oxygens (including phenoxy) is 1. The lowest BCUT2D eigenvalue weighted by Gasteiger charge is -2.21. The van der Waals surface area contributed by atoms with Gasteiger partial charge in [0.05, 0.1) is 12.8 Å². The molecule has 0 saturated carbocycles. The highest BCUT2D eigenvalue weighted by Gasteiger charge is 2.21. The third-order valence-electron chi connectivity index (χ3n) is 3.79. The summed E-state index contributed by atoms with van der Waals surface area (Å²) in [6.07, 6.45) is 7.82. The van der Waals surface area contributed by atoms with Crippen molar-refractivity contribution in [2.24, 2.45) is 0 Å².